The number of ether oxygens (including phenoxy) is 2. The maximum atomic E-state index is 5.74. The summed E-state index contributed by atoms with van der Waals surface area (Å²) in [5.74, 6) is -0.210. The summed E-state index contributed by atoms with van der Waals surface area (Å²) in [6, 6.07) is 0.689. The average Bonchev–Trinajstić information content (AvgIpc) is 2.75. The fourth-order valence-corrected chi connectivity index (χ4v) is 2.69. The van der Waals surface area contributed by atoms with Crippen LogP contribution < -0.4 is 0 Å². The van der Waals surface area contributed by atoms with Crippen LogP contribution in [0, 0.1) is 0 Å². The highest BCUT2D eigenvalue weighted by Crippen LogP contribution is 2.36. The fourth-order valence-electron chi connectivity index (χ4n) is 2.69. The summed E-state index contributed by atoms with van der Waals surface area (Å²) < 4.78 is 11.5. The van der Waals surface area contributed by atoms with Gasteiger partial charge in [0.15, 0.2) is 5.79 Å². The van der Waals surface area contributed by atoms with Gasteiger partial charge in [0, 0.05) is 25.4 Å². The predicted molar refractivity (Wildman–Crippen MR) is 64.3 cm³/mol. The Morgan fingerprint density at radius 2 is 1.88 bits per heavy atom. The fraction of sp³-hybridized carbons (Fsp3) is 0.846. The third-order valence-electron chi connectivity index (χ3n) is 3.78. The van der Waals surface area contributed by atoms with Crippen LogP contribution in [0.4, 0.5) is 0 Å². The van der Waals surface area contributed by atoms with E-state index in [4.69, 9.17) is 9.47 Å². The van der Waals surface area contributed by atoms with Crippen LogP contribution in [0.5, 0.6) is 0 Å². The monoisotopic (exact) mass is 225 g/mol. The number of hydrogen-bond donors (Lipinski definition) is 0. The summed E-state index contributed by atoms with van der Waals surface area (Å²) in [5.41, 5.74) is 0. The van der Waals surface area contributed by atoms with Gasteiger partial charge in [-0.05, 0) is 26.8 Å². The minimum atomic E-state index is -0.210. The van der Waals surface area contributed by atoms with E-state index < -0.39 is 0 Å². The highest BCUT2D eigenvalue weighted by molar-refractivity contribution is 4.88. The second-order valence-corrected chi connectivity index (χ2v) is 4.85. The molecule has 1 heterocycles. The van der Waals surface area contributed by atoms with E-state index in [2.05, 4.69) is 31.0 Å². The van der Waals surface area contributed by atoms with Crippen molar-refractivity contribution in [2.75, 3.05) is 26.8 Å². The third kappa shape index (κ3) is 2.65. The van der Waals surface area contributed by atoms with Gasteiger partial charge in [-0.3, -0.25) is 4.90 Å². The van der Waals surface area contributed by atoms with Gasteiger partial charge in [-0.25, -0.2) is 0 Å². The van der Waals surface area contributed by atoms with Crippen molar-refractivity contribution in [3.63, 3.8) is 0 Å². The van der Waals surface area contributed by atoms with E-state index in [9.17, 15) is 0 Å². The Balaban J connectivity index is 1.80. The zero-order valence-electron chi connectivity index (χ0n) is 10.4. The van der Waals surface area contributed by atoms with E-state index in [1.54, 1.807) is 0 Å². The molecule has 0 unspecified atom stereocenters. The number of rotatable bonds is 3. The Morgan fingerprint density at radius 3 is 2.44 bits per heavy atom. The highest BCUT2D eigenvalue weighted by Gasteiger charge is 2.40. The molecule has 0 amide bonds. The van der Waals surface area contributed by atoms with Gasteiger partial charge in [0.05, 0.1) is 13.2 Å². The normalized spacial score (nSPS) is 26.2. The van der Waals surface area contributed by atoms with Gasteiger partial charge >= 0.3 is 0 Å². The summed E-state index contributed by atoms with van der Waals surface area (Å²) in [4.78, 5) is 2.43. The minimum Gasteiger partial charge on any atom is -0.348 e. The lowest BCUT2D eigenvalue weighted by atomic mass is 9.89. The third-order valence-corrected chi connectivity index (χ3v) is 3.78. The molecule has 0 bridgehead atoms. The SMILES string of the molecule is CC=CCN(C)C1CCC2(CC1)OCCO2. The average molecular weight is 225 g/mol. The first-order valence-electron chi connectivity index (χ1n) is 6.35. The van der Waals surface area contributed by atoms with Crippen molar-refractivity contribution in [3.8, 4) is 0 Å². The molecule has 92 valence electrons. The molecule has 0 aromatic heterocycles. The summed E-state index contributed by atoms with van der Waals surface area (Å²) in [7, 11) is 2.21. The van der Waals surface area contributed by atoms with Crippen LogP contribution in [0.15, 0.2) is 12.2 Å². The zero-order chi connectivity index (χ0) is 11.4. The van der Waals surface area contributed by atoms with Crippen LogP contribution in [-0.4, -0.2) is 43.5 Å². The second-order valence-electron chi connectivity index (χ2n) is 4.85. The first-order chi connectivity index (χ1) is 7.76. The lowest BCUT2D eigenvalue weighted by molar-refractivity contribution is -0.183. The molecule has 0 radical (unpaired) electrons. The van der Waals surface area contributed by atoms with Crippen molar-refractivity contribution >= 4 is 0 Å². The Kier molecular flexibility index (Phi) is 4.00. The van der Waals surface area contributed by atoms with Crippen LogP contribution >= 0.6 is 0 Å². The first-order valence-corrected chi connectivity index (χ1v) is 6.35. The quantitative estimate of drug-likeness (QED) is 0.687. The summed E-state index contributed by atoms with van der Waals surface area (Å²) >= 11 is 0. The van der Waals surface area contributed by atoms with E-state index in [0.717, 1.165) is 32.6 Å². The van der Waals surface area contributed by atoms with E-state index in [1.807, 2.05) is 0 Å². The van der Waals surface area contributed by atoms with Gasteiger partial charge in [-0.15, -0.1) is 0 Å². The first kappa shape index (κ1) is 12.1. The second kappa shape index (κ2) is 5.30. The number of hydrogen-bond acceptors (Lipinski definition) is 3. The molecule has 0 atom stereocenters. The molecule has 1 spiro atoms. The Labute approximate surface area is 98.4 Å². The molecule has 16 heavy (non-hydrogen) atoms. The van der Waals surface area contributed by atoms with E-state index >= 15 is 0 Å². The largest absolute Gasteiger partial charge is 0.348 e. The molecule has 2 aliphatic rings. The Morgan fingerprint density at radius 1 is 1.25 bits per heavy atom. The molecule has 2 fully saturated rings. The molecule has 1 aliphatic carbocycles. The lowest BCUT2D eigenvalue weighted by Crippen LogP contribution is -2.42. The summed E-state index contributed by atoms with van der Waals surface area (Å²) in [6.45, 7) is 4.68. The number of likely N-dealkylation sites (N-methyl/N-ethyl adjacent to an activating group) is 1. The summed E-state index contributed by atoms with van der Waals surface area (Å²) in [5, 5.41) is 0. The molecule has 0 aromatic rings. The van der Waals surface area contributed by atoms with Crippen molar-refractivity contribution in [2.45, 2.75) is 44.4 Å². The van der Waals surface area contributed by atoms with Crippen molar-refractivity contribution in [2.24, 2.45) is 0 Å². The van der Waals surface area contributed by atoms with Crippen molar-refractivity contribution < 1.29 is 9.47 Å². The number of allylic oxidation sites excluding steroid dienone is 1. The molecule has 0 aromatic carbocycles. The molecule has 3 nitrogen and oxygen atoms in total. The predicted octanol–water partition coefficient (Wildman–Crippen LogP) is 2.18. The molecule has 1 aliphatic heterocycles. The topological polar surface area (TPSA) is 21.7 Å². The summed E-state index contributed by atoms with van der Waals surface area (Å²) in [6.07, 6.45) is 8.81. The van der Waals surface area contributed by atoms with Crippen molar-refractivity contribution in [3.05, 3.63) is 12.2 Å². The highest BCUT2D eigenvalue weighted by atomic mass is 16.7. The van der Waals surface area contributed by atoms with Gasteiger partial charge in [0.25, 0.3) is 0 Å². The van der Waals surface area contributed by atoms with E-state index in [-0.39, 0.29) is 5.79 Å². The van der Waals surface area contributed by atoms with E-state index in [0.29, 0.717) is 6.04 Å². The molecular formula is C13H23NO2. The van der Waals surface area contributed by atoms with Crippen LogP contribution in [0.1, 0.15) is 32.6 Å². The molecular weight excluding hydrogens is 202 g/mol. The van der Waals surface area contributed by atoms with Crippen LogP contribution in [0.3, 0.4) is 0 Å². The minimum absolute atomic E-state index is 0.210. The maximum Gasteiger partial charge on any atom is 0.168 e. The van der Waals surface area contributed by atoms with Gasteiger partial charge in [-0.2, -0.15) is 0 Å². The molecule has 1 saturated carbocycles. The lowest BCUT2D eigenvalue weighted by Gasteiger charge is -2.38. The van der Waals surface area contributed by atoms with Gasteiger partial charge in [0.1, 0.15) is 0 Å². The Hall–Kier alpha value is -0.380. The van der Waals surface area contributed by atoms with Crippen molar-refractivity contribution in [1.29, 1.82) is 0 Å². The molecule has 3 heteroatoms. The standard InChI is InChI=1S/C13H23NO2/c1-3-4-9-14(2)12-5-7-13(8-6-12)15-10-11-16-13/h3-4,12H,5-11H2,1-2H3. The maximum absolute atomic E-state index is 5.74. The van der Waals surface area contributed by atoms with Crippen LogP contribution in [0.2, 0.25) is 0 Å². The van der Waals surface area contributed by atoms with Crippen LogP contribution in [0.25, 0.3) is 0 Å². The van der Waals surface area contributed by atoms with Gasteiger partial charge in [-0.1, -0.05) is 12.2 Å². The van der Waals surface area contributed by atoms with Gasteiger partial charge in [0.2, 0.25) is 0 Å². The smallest absolute Gasteiger partial charge is 0.168 e. The van der Waals surface area contributed by atoms with Crippen molar-refractivity contribution in [1.82, 2.24) is 4.90 Å². The zero-order valence-corrected chi connectivity index (χ0v) is 10.4. The Bertz CT molecular complexity index is 236. The van der Waals surface area contributed by atoms with Crippen LogP contribution in [-0.2, 0) is 9.47 Å². The molecule has 0 N–H and O–H groups in total. The van der Waals surface area contributed by atoms with E-state index in [1.165, 1.54) is 12.8 Å². The van der Waals surface area contributed by atoms with Gasteiger partial charge < -0.3 is 9.47 Å². The number of nitrogens with zero attached hydrogens (tertiary/aromatic N) is 1. The molecule has 1 saturated heterocycles. The molecule has 2 rings (SSSR count).